The monoisotopic (exact) mass is 258 g/mol. The predicted molar refractivity (Wildman–Crippen MR) is 77.3 cm³/mol. The number of hydrogen-bond acceptors (Lipinski definition) is 2. The fourth-order valence-corrected chi connectivity index (χ4v) is 3.66. The third-order valence-electron chi connectivity index (χ3n) is 4.64. The molecular weight excluding hydrogens is 236 g/mol. The molecule has 1 aromatic rings. The number of para-hydroxylation sites is 1. The average Bonchev–Trinajstić information content (AvgIpc) is 3.01. The number of rotatable bonds is 3. The molecule has 0 aliphatic heterocycles. The van der Waals surface area contributed by atoms with Gasteiger partial charge in [0.1, 0.15) is 0 Å². The molecule has 2 fully saturated rings. The van der Waals surface area contributed by atoms with E-state index >= 15 is 0 Å². The van der Waals surface area contributed by atoms with E-state index in [1.807, 2.05) is 24.3 Å². The number of hydrogen-bond donors (Lipinski definition) is 1. The molecule has 0 spiro atoms. The second kappa shape index (κ2) is 4.87. The van der Waals surface area contributed by atoms with Gasteiger partial charge in [-0.15, -0.1) is 0 Å². The Kier molecular flexibility index (Phi) is 3.21. The van der Waals surface area contributed by atoms with Crippen molar-refractivity contribution in [3.63, 3.8) is 0 Å². The van der Waals surface area contributed by atoms with Crippen molar-refractivity contribution in [1.82, 2.24) is 4.90 Å². The van der Waals surface area contributed by atoms with Crippen LogP contribution in [0.25, 0.3) is 0 Å². The molecule has 1 aromatic carbocycles. The van der Waals surface area contributed by atoms with Gasteiger partial charge in [0, 0.05) is 25.8 Å². The summed E-state index contributed by atoms with van der Waals surface area (Å²) in [4.78, 5) is 13.8. The van der Waals surface area contributed by atoms with Gasteiger partial charge >= 0.3 is 0 Å². The minimum Gasteiger partial charge on any atom is -0.381 e. The topological polar surface area (TPSA) is 32.3 Å². The lowest BCUT2D eigenvalue weighted by atomic mass is 9.95. The van der Waals surface area contributed by atoms with E-state index in [9.17, 15) is 4.79 Å². The highest BCUT2D eigenvalue weighted by molar-refractivity contribution is 5.99. The Hall–Kier alpha value is -1.51. The molecule has 2 bridgehead atoms. The highest BCUT2D eigenvalue weighted by Gasteiger charge is 2.39. The molecule has 2 aliphatic rings. The van der Waals surface area contributed by atoms with E-state index in [0.29, 0.717) is 6.04 Å². The second-order valence-corrected chi connectivity index (χ2v) is 6.17. The van der Waals surface area contributed by atoms with Crippen LogP contribution in [0.3, 0.4) is 0 Å². The van der Waals surface area contributed by atoms with Gasteiger partial charge in [-0.05, 0) is 43.2 Å². The van der Waals surface area contributed by atoms with Gasteiger partial charge in [-0.25, -0.2) is 0 Å². The predicted octanol–water partition coefficient (Wildman–Crippen LogP) is 2.99. The first-order valence-electron chi connectivity index (χ1n) is 7.22. The Morgan fingerprint density at radius 3 is 2.63 bits per heavy atom. The molecule has 2 saturated carbocycles. The lowest BCUT2D eigenvalue weighted by molar-refractivity contribution is 0.0828. The van der Waals surface area contributed by atoms with Gasteiger partial charge in [0.25, 0.3) is 5.91 Å². The maximum Gasteiger partial charge on any atom is 0.255 e. The van der Waals surface area contributed by atoms with Crippen molar-refractivity contribution in [2.24, 2.45) is 11.8 Å². The van der Waals surface area contributed by atoms with Gasteiger partial charge in [-0.1, -0.05) is 18.6 Å². The van der Waals surface area contributed by atoms with Gasteiger partial charge in [0.2, 0.25) is 0 Å². The normalized spacial score (nSPS) is 28.4. The molecular formula is C16H22N2O. The fourth-order valence-electron chi connectivity index (χ4n) is 3.66. The van der Waals surface area contributed by atoms with Crippen LogP contribution in [-0.2, 0) is 0 Å². The maximum atomic E-state index is 12.2. The summed E-state index contributed by atoms with van der Waals surface area (Å²) in [5, 5.41) is 3.63. The van der Waals surface area contributed by atoms with Crippen molar-refractivity contribution >= 4 is 11.6 Å². The van der Waals surface area contributed by atoms with Gasteiger partial charge in [0.15, 0.2) is 0 Å². The minimum absolute atomic E-state index is 0.0752. The van der Waals surface area contributed by atoms with Crippen LogP contribution in [0.5, 0.6) is 0 Å². The quantitative estimate of drug-likeness (QED) is 0.904. The summed E-state index contributed by atoms with van der Waals surface area (Å²) < 4.78 is 0. The smallest absolute Gasteiger partial charge is 0.255 e. The molecule has 3 unspecified atom stereocenters. The van der Waals surface area contributed by atoms with Gasteiger partial charge in [-0.2, -0.15) is 0 Å². The molecule has 3 heteroatoms. The first-order valence-corrected chi connectivity index (χ1v) is 7.22. The molecule has 3 atom stereocenters. The van der Waals surface area contributed by atoms with Crippen LogP contribution in [0.2, 0.25) is 0 Å². The molecule has 0 heterocycles. The molecule has 3 rings (SSSR count). The number of benzene rings is 1. The Labute approximate surface area is 115 Å². The SMILES string of the molecule is CN(C)C(=O)c1ccccc1NC1CC2CCC1C2. The Balaban J connectivity index is 1.79. The number of carbonyl (C=O) groups excluding carboxylic acids is 1. The number of anilines is 1. The molecule has 102 valence electrons. The van der Waals surface area contributed by atoms with E-state index in [1.165, 1.54) is 25.7 Å². The molecule has 2 aliphatic carbocycles. The van der Waals surface area contributed by atoms with Crippen LogP contribution in [0.4, 0.5) is 5.69 Å². The maximum absolute atomic E-state index is 12.2. The Bertz CT molecular complexity index is 483. The largest absolute Gasteiger partial charge is 0.381 e. The molecule has 0 aromatic heterocycles. The van der Waals surface area contributed by atoms with E-state index in [2.05, 4.69) is 5.32 Å². The van der Waals surface area contributed by atoms with Crippen molar-refractivity contribution in [1.29, 1.82) is 0 Å². The summed E-state index contributed by atoms with van der Waals surface area (Å²) in [5.74, 6) is 1.80. The van der Waals surface area contributed by atoms with Gasteiger partial charge < -0.3 is 10.2 Å². The van der Waals surface area contributed by atoms with Crippen LogP contribution >= 0.6 is 0 Å². The average molecular weight is 258 g/mol. The van der Waals surface area contributed by atoms with E-state index in [0.717, 1.165) is 23.1 Å². The van der Waals surface area contributed by atoms with Crippen molar-refractivity contribution in [3.8, 4) is 0 Å². The number of nitrogens with zero attached hydrogens (tertiary/aromatic N) is 1. The Morgan fingerprint density at radius 1 is 1.21 bits per heavy atom. The summed E-state index contributed by atoms with van der Waals surface area (Å²) >= 11 is 0. The lowest BCUT2D eigenvalue weighted by Gasteiger charge is -2.25. The van der Waals surface area contributed by atoms with Crippen molar-refractivity contribution < 1.29 is 4.79 Å². The standard InChI is InChI=1S/C16H22N2O/c1-18(2)16(19)13-5-3-4-6-14(13)17-15-10-11-7-8-12(15)9-11/h3-6,11-12,15,17H,7-10H2,1-2H3. The summed E-state index contributed by atoms with van der Waals surface area (Å²) in [6.07, 6.45) is 5.41. The van der Waals surface area contributed by atoms with Crippen LogP contribution in [0.1, 0.15) is 36.0 Å². The van der Waals surface area contributed by atoms with Crippen molar-refractivity contribution in [2.75, 3.05) is 19.4 Å². The van der Waals surface area contributed by atoms with Crippen LogP contribution in [0, 0.1) is 11.8 Å². The van der Waals surface area contributed by atoms with E-state index in [1.54, 1.807) is 19.0 Å². The Morgan fingerprint density at radius 2 is 2.00 bits per heavy atom. The van der Waals surface area contributed by atoms with Crippen LogP contribution in [0.15, 0.2) is 24.3 Å². The van der Waals surface area contributed by atoms with E-state index < -0.39 is 0 Å². The molecule has 0 saturated heterocycles. The number of amides is 1. The van der Waals surface area contributed by atoms with E-state index in [-0.39, 0.29) is 5.91 Å². The zero-order chi connectivity index (χ0) is 13.4. The van der Waals surface area contributed by atoms with Crippen LogP contribution < -0.4 is 5.32 Å². The zero-order valence-corrected chi connectivity index (χ0v) is 11.7. The first kappa shape index (κ1) is 12.5. The lowest BCUT2D eigenvalue weighted by Crippen LogP contribution is -2.28. The van der Waals surface area contributed by atoms with Crippen molar-refractivity contribution in [3.05, 3.63) is 29.8 Å². The summed E-state index contributed by atoms with van der Waals surface area (Å²) in [6, 6.07) is 8.44. The second-order valence-electron chi connectivity index (χ2n) is 6.17. The molecule has 3 nitrogen and oxygen atoms in total. The highest BCUT2D eigenvalue weighted by atomic mass is 16.2. The summed E-state index contributed by atoms with van der Waals surface area (Å²) in [7, 11) is 3.60. The third-order valence-corrected chi connectivity index (χ3v) is 4.64. The molecule has 19 heavy (non-hydrogen) atoms. The van der Waals surface area contributed by atoms with Crippen LogP contribution in [-0.4, -0.2) is 30.9 Å². The van der Waals surface area contributed by atoms with Gasteiger partial charge in [0.05, 0.1) is 5.56 Å². The summed E-state index contributed by atoms with van der Waals surface area (Å²) in [5.41, 5.74) is 1.79. The zero-order valence-electron chi connectivity index (χ0n) is 11.7. The van der Waals surface area contributed by atoms with Crippen molar-refractivity contribution in [2.45, 2.75) is 31.7 Å². The molecule has 1 N–H and O–H groups in total. The molecule has 1 amide bonds. The fraction of sp³-hybridized carbons (Fsp3) is 0.562. The van der Waals surface area contributed by atoms with Gasteiger partial charge in [-0.3, -0.25) is 4.79 Å². The number of carbonyl (C=O) groups is 1. The summed E-state index contributed by atoms with van der Waals surface area (Å²) in [6.45, 7) is 0. The number of fused-ring (bicyclic) bond motifs is 2. The first-order chi connectivity index (χ1) is 9.15. The third kappa shape index (κ3) is 2.34. The minimum atomic E-state index is 0.0752. The number of nitrogens with one attached hydrogen (secondary N) is 1. The highest BCUT2D eigenvalue weighted by Crippen LogP contribution is 2.45. The van der Waals surface area contributed by atoms with E-state index in [4.69, 9.17) is 0 Å². The molecule has 0 radical (unpaired) electrons.